The van der Waals surface area contributed by atoms with Gasteiger partial charge in [-0.05, 0) is 74.4 Å². The van der Waals surface area contributed by atoms with Gasteiger partial charge in [0, 0.05) is 5.69 Å². The molecular formula is C22H25NO4. The van der Waals surface area contributed by atoms with Crippen LogP contribution in [0.15, 0.2) is 36.4 Å². The first-order valence-electron chi connectivity index (χ1n) is 9.27. The van der Waals surface area contributed by atoms with E-state index in [9.17, 15) is 9.59 Å². The molecule has 1 aliphatic rings. The fourth-order valence-corrected chi connectivity index (χ4v) is 3.34. The van der Waals surface area contributed by atoms with Crippen LogP contribution in [0.4, 0.5) is 5.69 Å². The van der Waals surface area contributed by atoms with Crippen LogP contribution in [0.3, 0.4) is 0 Å². The number of carbonyl (C=O) groups is 2. The lowest BCUT2D eigenvalue weighted by atomic mass is 9.91. The van der Waals surface area contributed by atoms with E-state index < -0.39 is 12.1 Å². The number of hydrogen-bond acceptors (Lipinski definition) is 4. The quantitative estimate of drug-likeness (QED) is 0.809. The van der Waals surface area contributed by atoms with Crippen molar-refractivity contribution >= 4 is 17.6 Å². The first kappa shape index (κ1) is 19.0. The maximum Gasteiger partial charge on any atom is 0.337 e. The van der Waals surface area contributed by atoms with Gasteiger partial charge in [0.05, 0.1) is 12.7 Å². The van der Waals surface area contributed by atoms with Gasteiger partial charge in [0.15, 0.2) is 6.10 Å². The first-order chi connectivity index (χ1) is 13.0. The van der Waals surface area contributed by atoms with Crippen molar-refractivity contribution in [2.24, 2.45) is 0 Å². The minimum atomic E-state index is -0.653. The van der Waals surface area contributed by atoms with Crippen molar-refractivity contribution < 1.29 is 19.1 Å². The molecule has 1 aliphatic carbocycles. The van der Waals surface area contributed by atoms with Gasteiger partial charge in [-0.1, -0.05) is 18.2 Å². The molecule has 142 valence electrons. The van der Waals surface area contributed by atoms with Gasteiger partial charge in [-0.25, -0.2) is 4.79 Å². The Morgan fingerprint density at radius 2 is 1.89 bits per heavy atom. The van der Waals surface area contributed by atoms with Gasteiger partial charge in [0.25, 0.3) is 5.91 Å². The van der Waals surface area contributed by atoms with Crippen LogP contribution in [0.25, 0.3) is 0 Å². The molecular weight excluding hydrogens is 342 g/mol. The van der Waals surface area contributed by atoms with Gasteiger partial charge in [0.2, 0.25) is 0 Å². The number of amides is 1. The summed E-state index contributed by atoms with van der Waals surface area (Å²) in [4.78, 5) is 24.4. The molecule has 1 N–H and O–H groups in total. The molecule has 3 rings (SSSR count). The van der Waals surface area contributed by atoms with Crippen LogP contribution >= 0.6 is 0 Å². The number of anilines is 1. The second kappa shape index (κ2) is 8.25. The Morgan fingerprint density at radius 1 is 1.11 bits per heavy atom. The zero-order valence-corrected chi connectivity index (χ0v) is 16.0. The molecule has 0 spiro atoms. The molecule has 0 aromatic heterocycles. The van der Waals surface area contributed by atoms with E-state index in [4.69, 9.17) is 9.47 Å². The molecule has 1 atom stereocenters. The maximum atomic E-state index is 12.6. The zero-order valence-electron chi connectivity index (χ0n) is 16.0. The third-order valence-electron chi connectivity index (χ3n) is 4.94. The van der Waals surface area contributed by atoms with Crippen LogP contribution in [0.2, 0.25) is 0 Å². The Bertz CT molecular complexity index is 859. The molecule has 0 unspecified atom stereocenters. The van der Waals surface area contributed by atoms with Crippen LogP contribution < -0.4 is 10.1 Å². The Morgan fingerprint density at radius 3 is 2.67 bits per heavy atom. The molecule has 0 fully saturated rings. The predicted octanol–water partition coefficient (Wildman–Crippen LogP) is 4.07. The lowest BCUT2D eigenvalue weighted by Crippen LogP contribution is -2.31. The van der Waals surface area contributed by atoms with E-state index in [0.29, 0.717) is 11.3 Å². The minimum Gasteiger partial charge on any atom is -0.481 e. The summed E-state index contributed by atoms with van der Waals surface area (Å²) < 4.78 is 10.7. The summed E-state index contributed by atoms with van der Waals surface area (Å²) in [6.07, 6.45) is 3.74. The third-order valence-corrected chi connectivity index (χ3v) is 4.94. The molecule has 5 nitrogen and oxygen atoms in total. The summed E-state index contributed by atoms with van der Waals surface area (Å²) in [5.41, 5.74) is 4.36. The largest absolute Gasteiger partial charge is 0.481 e. The van der Waals surface area contributed by atoms with E-state index in [1.54, 1.807) is 25.1 Å². The van der Waals surface area contributed by atoms with Gasteiger partial charge < -0.3 is 14.8 Å². The smallest absolute Gasteiger partial charge is 0.337 e. The highest BCUT2D eigenvalue weighted by Gasteiger charge is 2.20. The number of carbonyl (C=O) groups excluding carboxylic acids is 2. The SMILES string of the molecule is COC(=O)c1ccc(C)c(NC(=O)[C@@H](C)Oc2cccc3c2CCCC3)c1. The van der Waals surface area contributed by atoms with Crippen molar-refractivity contribution in [2.45, 2.75) is 45.6 Å². The lowest BCUT2D eigenvalue weighted by molar-refractivity contribution is -0.122. The molecule has 0 aliphatic heterocycles. The molecule has 2 aromatic carbocycles. The maximum absolute atomic E-state index is 12.6. The van der Waals surface area contributed by atoms with Gasteiger partial charge in [-0.3, -0.25) is 4.79 Å². The molecule has 0 radical (unpaired) electrons. The van der Waals surface area contributed by atoms with Crippen molar-refractivity contribution in [3.8, 4) is 5.75 Å². The van der Waals surface area contributed by atoms with Crippen LogP contribution in [0.5, 0.6) is 5.75 Å². The summed E-state index contributed by atoms with van der Waals surface area (Å²) in [6.45, 7) is 3.60. The van der Waals surface area contributed by atoms with E-state index in [-0.39, 0.29) is 5.91 Å². The van der Waals surface area contributed by atoms with Gasteiger partial charge in [0.1, 0.15) is 5.75 Å². The Kier molecular flexibility index (Phi) is 5.79. The normalized spacial score (nSPS) is 14.0. The molecule has 0 saturated carbocycles. The summed E-state index contributed by atoms with van der Waals surface area (Å²) in [7, 11) is 1.33. The standard InChI is InChI=1S/C22H25NO4/c1-14-11-12-17(22(25)26-3)13-19(14)23-21(24)15(2)27-20-10-6-8-16-7-4-5-9-18(16)20/h6,8,10-13,15H,4-5,7,9H2,1-3H3,(H,23,24)/t15-/m1/s1. The summed E-state index contributed by atoms with van der Waals surface area (Å²) in [5, 5.41) is 2.86. The average molecular weight is 367 g/mol. The number of rotatable bonds is 5. The van der Waals surface area contributed by atoms with Crippen molar-refractivity contribution in [1.82, 2.24) is 0 Å². The number of nitrogens with one attached hydrogen (secondary N) is 1. The minimum absolute atomic E-state index is 0.256. The third kappa shape index (κ3) is 4.30. The number of ether oxygens (including phenoxy) is 2. The highest BCUT2D eigenvalue weighted by Crippen LogP contribution is 2.30. The highest BCUT2D eigenvalue weighted by molar-refractivity contribution is 5.97. The fourth-order valence-electron chi connectivity index (χ4n) is 3.34. The molecule has 0 saturated heterocycles. The second-order valence-electron chi connectivity index (χ2n) is 6.87. The van der Waals surface area contributed by atoms with E-state index in [2.05, 4.69) is 11.4 Å². The Labute approximate surface area is 159 Å². The van der Waals surface area contributed by atoms with Crippen LogP contribution in [-0.2, 0) is 22.4 Å². The predicted molar refractivity (Wildman–Crippen MR) is 104 cm³/mol. The number of aryl methyl sites for hydroxylation is 2. The van der Waals surface area contributed by atoms with Crippen molar-refractivity contribution in [3.63, 3.8) is 0 Å². The van der Waals surface area contributed by atoms with Gasteiger partial charge in [-0.15, -0.1) is 0 Å². The van der Waals surface area contributed by atoms with E-state index in [1.165, 1.54) is 24.7 Å². The molecule has 27 heavy (non-hydrogen) atoms. The second-order valence-corrected chi connectivity index (χ2v) is 6.87. The number of methoxy groups -OCH3 is 1. The van der Waals surface area contributed by atoms with Crippen LogP contribution in [0, 0.1) is 6.92 Å². The first-order valence-corrected chi connectivity index (χ1v) is 9.27. The average Bonchev–Trinajstić information content (AvgIpc) is 2.69. The number of hydrogen-bond donors (Lipinski definition) is 1. The lowest BCUT2D eigenvalue weighted by Gasteiger charge is -2.22. The molecule has 0 bridgehead atoms. The topological polar surface area (TPSA) is 64.6 Å². The van der Waals surface area contributed by atoms with Gasteiger partial charge in [-0.2, -0.15) is 0 Å². The summed E-state index contributed by atoms with van der Waals surface area (Å²) in [5.74, 6) is 0.0918. The van der Waals surface area contributed by atoms with Crippen molar-refractivity contribution in [1.29, 1.82) is 0 Å². The van der Waals surface area contributed by atoms with Crippen LogP contribution in [0.1, 0.15) is 46.8 Å². The van der Waals surface area contributed by atoms with Crippen LogP contribution in [-0.4, -0.2) is 25.1 Å². The number of benzene rings is 2. The fraction of sp³-hybridized carbons (Fsp3) is 0.364. The Balaban J connectivity index is 1.73. The highest BCUT2D eigenvalue weighted by atomic mass is 16.5. The van der Waals surface area contributed by atoms with Gasteiger partial charge >= 0.3 is 5.97 Å². The number of esters is 1. The van der Waals surface area contributed by atoms with E-state index in [0.717, 1.165) is 30.6 Å². The Hall–Kier alpha value is -2.82. The number of fused-ring (bicyclic) bond motifs is 1. The molecule has 1 amide bonds. The van der Waals surface area contributed by atoms with E-state index in [1.807, 2.05) is 19.1 Å². The molecule has 5 heteroatoms. The van der Waals surface area contributed by atoms with Crippen molar-refractivity contribution in [3.05, 3.63) is 58.7 Å². The monoisotopic (exact) mass is 367 g/mol. The van der Waals surface area contributed by atoms with Crippen molar-refractivity contribution in [2.75, 3.05) is 12.4 Å². The summed E-state index contributed by atoms with van der Waals surface area (Å²) in [6, 6.07) is 11.1. The summed E-state index contributed by atoms with van der Waals surface area (Å²) >= 11 is 0. The molecule has 2 aromatic rings. The molecule has 0 heterocycles. The zero-order chi connectivity index (χ0) is 19.4. The van der Waals surface area contributed by atoms with E-state index >= 15 is 0 Å².